The van der Waals surface area contributed by atoms with E-state index in [4.69, 9.17) is 18.0 Å². The van der Waals surface area contributed by atoms with Crippen LogP contribution in [0.3, 0.4) is 0 Å². The number of anilines is 1. The third kappa shape index (κ3) is 4.20. The van der Waals surface area contributed by atoms with Gasteiger partial charge in [0.15, 0.2) is 0 Å². The Balaban J connectivity index is 3.09. The lowest BCUT2D eigenvalue weighted by Gasteiger charge is -2.34. The second kappa shape index (κ2) is 5.12. The van der Waals surface area contributed by atoms with Gasteiger partial charge in [-0.25, -0.2) is 0 Å². The molecule has 1 heterocycles. The van der Waals surface area contributed by atoms with E-state index in [1.807, 2.05) is 18.7 Å². The molecule has 0 aliphatic carbocycles. The number of rotatable bonds is 4. The maximum atomic E-state index is 5.81. The molecule has 108 valence electrons. The standard InChI is InChI=1S/C14H26N4S/c1-9-10(11(15)19)12(18(7)17-9)16-14(5,6)8-13(2,3)4/h16H,8H2,1-7H3,(H2,15,19). The van der Waals surface area contributed by atoms with Crippen molar-refractivity contribution in [1.82, 2.24) is 9.78 Å². The Bertz CT molecular complexity index is 480. The van der Waals surface area contributed by atoms with E-state index in [1.165, 1.54) is 0 Å². The molecule has 1 rings (SSSR count). The van der Waals surface area contributed by atoms with Gasteiger partial charge in [-0.3, -0.25) is 4.68 Å². The number of nitrogens with two attached hydrogens (primary N) is 1. The number of aromatic nitrogens is 2. The minimum absolute atomic E-state index is 0.0575. The fourth-order valence-electron chi connectivity index (χ4n) is 2.79. The van der Waals surface area contributed by atoms with Gasteiger partial charge in [0.1, 0.15) is 10.8 Å². The molecule has 0 bridgehead atoms. The normalized spacial score (nSPS) is 12.6. The summed E-state index contributed by atoms with van der Waals surface area (Å²) in [5.41, 5.74) is 7.71. The van der Waals surface area contributed by atoms with Crippen molar-refractivity contribution in [2.45, 2.75) is 53.5 Å². The predicted molar refractivity (Wildman–Crippen MR) is 85.6 cm³/mol. The quantitative estimate of drug-likeness (QED) is 0.834. The molecule has 0 atom stereocenters. The molecular formula is C14H26N4S. The van der Waals surface area contributed by atoms with Gasteiger partial charge in [0.2, 0.25) is 0 Å². The highest BCUT2D eigenvalue weighted by molar-refractivity contribution is 7.80. The van der Waals surface area contributed by atoms with Crippen LogP contribution in [0.25, 0.3) is 0 Å². The lowest BCUT2D eigenvalue weighted by atomic mass is 9.82. The van der Waals surface area contributed by atoms with Crippen LogP contribution < -0.4 is 11.1 Å². The zero-order valence-electron chi connectivity index (χ0n) is 13.1. The summed E-state index contributed by atoms with van der Waals surface area (Å²) in [6, 6.07) is 0. The van der Waals surface area contributed by atoms with Crippen molar-refractivity contribution in [3.05, 3.63) is 11.3 Å². The Morgan fingerprint density at radius 2 is 1.84 bits per heavy atom. The minimum atomic E-state index is -0.0575. The number of thiocarbonyl (C=S) groups is 1. The van der Waals surface area contributed by atoms with Crippen LogP contribution in [0.2, 0.25) is 0 Å². The van der Waals surface area contributed by atoms with Gasteiger partial charge in [-0.1, -0.05) is 33.0 Å². The van der Waals surface area contributed by atoms with Crippen molar-refractivity contribution < 1.29 is 0 Å². The second-order valence-electron chi connectivity index (χ2n) is 7.04. The molecule has 19 heavy (non-hydrogen) atoms. The van der Waals surface area contributed by atoms with E-state index in [9.17, 15) is 0 Å². The summed E-state index contributed by atoms with van der Waals surface area (Å²) < 4.78 is 1.81. The van der Waals surface area contributed by atoms with Gasteiger partial charge in [-0.2, -0.15) is 5.10 Å². The van der Waals surface area contributed by atoms with Crippen molar-refractivity contribution in [3.63, 3.8) is 0 Å². The zero-order chi connectivity index (χ0) is 15.0. The average Bonchev–Trinajstić information content (AvgIpc) is 2.35. The smallest absolute Gasteiger partial charge is 0.134 e. The summed E-state index contributed by atoms with van der Waals surface area (Å²) >= 11 is 5.13. The molecule has 0 aliphatic rings. The van der Waals surface area contributed by atoms with Crippen LogP contribution in [-0.4, -0.2) is 20.3 Å². The predicted octanol–water partition coefficient (Wildman–Crippen LogP) is 2.99. The SMILES string of the molecule is Cc1nn(C)c(NC(C)(C)CC(C)(C)C)c1C(N)=S. The van der Waals surface area contributed by atoms with Gasteiger partial charge in [0.05, 0.1) is 11.3 Å². The van der Waals surface area contributed by atoms with Crippen LogP contribution >= 0.6 is 12.2 Å². The van der Waals surface area contributed by atoms with Crippen LogP contribution in [0.5, 0.6) is 0 Å². The Labute approximate surface area is 121 Å². The number of nitrogens with one attached hydrogen (secondary N) is 1. The van der Waals surface area contributed by atoms with Gasteiger partial charge < -0.3 is 11.1 Å². The minimum Gasteiger partial charge on any atom is -0.389 e. The molecule has 0 aliphatic heterocycles. The lowest BCUT2D eigenvalue weighted by molar-refractivity contribution is 0.301. The fourth-order valence-corrected chi connectivity index (χ4v) is 3.03. The molecule has 3 N–H and O–H groups in total. The van der Waals surface area contributed by atoms with Crippen molar-refractivity contribution >= 4 is 23.0 Å². The fraction of sp³-hybridized carbons (Fsp3) is 0.714. The first-order valence-corrected chi connectivity index (χ1v) is 6.95. The molecule has 0 saturated heterocycles. The lowest BCUT2D eigenvalue weighted by Crippen LogP contribution is -2.36. The highest BCUT2D eigenvalue weighted by Crippen LogP contribution is 2.31. The van der Waals surface area contributed by atoms with E-state index in [1.54, 1.807) is 0 Å². The monoisotopic (exact) mass is 282 g/mol. The Morgan fingerprint density at radius 3 is 2.26 bits per heavy atom. The van der Waals surface area contributed by atoms with Crippen molar-refractivity contribution in [3.8, 4) is 0 Å². The van der Waals surface area contributed by atoms with E-state index in [2.05, 4.69) is 45.0 Å². The number of hydrogen-bond donors (Lipinski definition) is 2. The second-order valence-corrected chi connectivity index (χ2v) is 7.48. The molecular weight excluding hydrogens is 256 g/mol. The molecule has 4 nitrogen and oxygen atoms in total. The maximum Gasteiger partial charge on any atom is 0.134 e. The van der Waals surface area contributed by atoms with Crippen LogP contribution in [-0.2, 0) is 7.05 Å². The molecule has 5 heteroatoms. The van der Waals surface area contributed by atoms with Crippen molar-refractivity contribution in [2.24, 2.45) is 18.2 Å². The summed E-state index contributed by atoms with van der Waals surface area (Å²) in [7, 11) is 1.91. The highest BCUT2D eigenvalue weighted by Gasteiger charge is 2.28. The summed E-state index contributed by atoms with van der Waals surface area (Å²) in [6.45, 7) is 13.0. The topological polar surface area (TPSA) is 55.9 Å². The molecule has 0 amide bonds. The molecule has 0 saturated carbocycles. The molecule has 1 aromatic rings. The van der Waals surface area contributed by atoms with E-state index in [0.717, 1.165) is 23.5 Å². The highest BCUT2D eigenvalue weighted by atomic mass is 32.1. The maximum absolute atomic E-state index is 5.81. The number of nitrogens with zero attached hydrogens (tertiary/aromatic N) is 2. The van der Waals surface area contributed by atoms with Crippen LogP contribution in [0, 0.1) is 12.3 Å². The van der Waals surface area contributed by atoms with Gasteiger partial charge >= 0.3 is 0 Å². The van der Waals surface area contributed by atoms with Crippen LogP contribution in [0.15, 0.2) is 0 Å². The molecule has 0 radical (unpaired) electrons. The molecule has 0 unspecified atom stereocenters. The summed E-state index contributed by atoms with van der Waals surface area (Å²) in [5, 5.41) is 7.95. The Morgan fingerprint density at radius 1 is 1.32 bits per heavy atom. The van der Waals surface area contributed by atoms with Crippen LogP contribution in [0.4, 0.5) is 5.82 Å². The van der Waals surface area contributed by atoms with E-state index in [-0.39, 0.29) is 11.0 Å². The van der Waals surface area contributed by atoms with E-state index < -0.39 is 0 Å². The Hall–Kier alpha value is -1.10. The van der Waals surface area contributed by atoms with Crippen LogP contribution in [0.1, 0.15) is 52.3 Å². The largest absolute Gasteiger partial charge is 0.389 e. The van der Waals surface area contributed by atoms with E-state index >= 15 is 0 Å². The summed E-state index contributed by atoms with van der Waals surface area (Å²) in [4.78, 5) is 0.389. The Kier molecular flexibility index (Phi) is 4.30. The number of hydrogen-bond acceptors (Lipinski definition) is 3. The molecule has 0 spiro atoms. The van der Waals surface area contributed by atoms with Gasteiger partial charge in [-0.15, -0.1) is 0 Å². The first kappa shape index (κ1) is 16.0. The average molecular weight is 282 g/mol. The van der Waals surface area contributed by atoms with Gasteiger partial charge in [0, 0.05) is 12.6 Å². The third-order valence-corrected chi connectivity index (χ3v) is 3.10. The first-order chi connectivity index (χ1) is 8.43. The van der Waals surface area contributed by atoms with Gasteiger partial charge in [0.25, 0.3) is 0 Å². The molecule has 0 fully saturated rings. The van der Waals surface area contributed by atoms with Crippen molar-refractivity contribution in [2.75, 3.05) is 5.32 Å². The van der Waals surface area contributed by atoms with Crippen molar-refractivity contribution in [1.29, 1.82) is 0 Å². The van der Waals surface area contributed by atoms with Gasteiger partial charge in [-0.05, 0) is 32.6 Å². The first-order valence-electron chi connectivity index (χ1n) is 6.54. The molecule has 1 aromatic heterocycles. The number of aryl methyl sites for hydroxylation is 2. The third-order valence-electron chi connectivity index (χ3n) is 2.90. The molecule has 0 aromatic carbocycles. The van der Waals surface area contributed by atoms with E-state index in [0.29, 0.717) is 4.99 Å². The summed E-state index contributed by atoms with van der Waals surface area (Å²) in [5.74, 6) is 0.902. The summed E-state index contributed by atoms with van der Waals surface area (Å²) in [6.07, 6.45) is 1.03. The zero-order valence-corrected chi connectivity index (χ0v) is 13.9.